The van der Waals surface area contributed by atoms with E-state index in [0.29, 0.717) is 17.5 Å². The van der Waals surface area contributed by atoms with Gasteiger partial charge in [-0.25, -0.2) is 9.38 Å². The predicted molar refractivity (Wildman–Crippen MR) is 71.6 cm³/mol. The van der Waals surface area contributed by atoms with Gasteiger partial charge in [0, 0.05) is 16.9 Å². The Kier molecular flexibility index (Phi) is 8.93. The van der Waals surface area contributed by atoms with Gasteiger partial charge in [-0.2, -0.15) is 0 Å². The minimum absolute atomic E-state index is 0. The predicted octanol–water partition coefficient (Wildman–Crippen LogP) is -4.50. The topological polar surface area (TPSA) is 88.7 Å². The van der Waals surface area contributed by atoms with Gasteiger partial charge in [-0.1, -0.05) is 17.5 Å². The van der Waals surface area contributed by atoms with Crippen molar-refractivity contribution in [2.75, 3.05) is 0 Å². The largest absolute Gasteiger partial charge is 1.00 e. The minimum Gasteiger partial charge on any atom is -0.872 e. The van der Waals surface area contributed by atoms with E-state index < -0.39 is 22.7 Å². The number of aliphatic imine (C=N–C) groups is 1. The number of rotatable bonds is 2. The number of hydrogen-bond donors (Lipinski definition) is 0. The number of nitrogens with zero attached hydrogens (tertiary/aromatic N) is 1. The van der Waals surface area contributed by atoms with Crippen LogP contribution in [-0.4, -0.2) is 11.1 Å². The van der Waals surface area contributed by atoms with Crippen molar-refractivity contribution >= 4 is 29.0 Å². The van der Waals surface area contributed by atoms with Crippen LogP contribution in [0.3, 0.4) is 0 Å². The molecule has 106 valence electrons. The molecule has 0 radical (unpaired) electrons. The maximum Gasteiger partial charge on any atom is 1.00 e. The Morgan fingerprint density at radius 2 is 1.91 bits per heavy atom. The standard InChI is InChI=1S/C14H8FNO4S.2K/c15-7-1-3-9(10(17)5-7)11-4-2-8(20-11)6-12-13(18)16-14(19)21-12;;/h1-6,17H,(H,16,18,19);;/q;2*+1/p-2/b12-6-;;. The molecule has 0 bridgehead atoms. The molecule has 0 fully saturated rings. The van der Waals surface area contributed by atoms with Crippen LogP contribution >= 0.6 is 11.8 Å². The van der Waals surface area contributed by atoms with Crippen molar-refractivity contribution in [3.05, 3.63) is 46.8 Å². The first-order valence-corrected chi connectivity index (χ1v) is 6.61. The van der Waals surface area contributed by atoms with Crippen LogP contribution in [0.15, 0.2) is 44.6 Å². The molecule has 0 saturated heterocycles. The maximum absolute atomic E-state index is 12.9. The molecule has 1 aromatic heterocycles. The Balaban J connectivity index is 0.00000132. The van der Waals surface area contributed by atoms with Crippen molar-refractivity contribution in [2.24, 2.45) is 4.99 Å². The number of hydrogen-bond acceptors (Lipinski definition) is 5. The van der Waals surface area contributed by atoms with Crippen LogP contribution in [0.5, 0.6) is 5.75 Å². The van der Waals surface area contributed by atoms with E-state index in [1.54, 1.807) is 6.07 Å². The van der Waals surface area contributed by atoms with Crippen molar-refractivity contribution in [1.82, 2.24) is 0 Å². The van der Waals surface area contributed by atoms with Crippen molar-refractivity contribution < 1.29 is 127 Å². The fourth-order valence-corrected chi connectivity index (χ4v) is 2.42. The molecule has 5 nitrogen and oxygen atoms in total. The third-order valence-electron chi connectivity index (χ3n) is 2.71. The van der Waals surface area contributed by atoms with Crippen LogP contribution in [0.1, 0.15) is 5.76 Å². The zero-order valence-corrected chi connectivity index (χ0v) is 19.4. The summed E-state index contributed by atoms with van der Waals surface area (Å²) in [6.07, 6.45) is 1.37. The Bertz CT molecular complexity index is 804. The van der Waals surface area contributed by atoms with Crippen LogP contribution in [0, 0.1) is 5.82 Å². The average Bonchev–Trinajstić information content (AvgIpc) is 2.97. The van der Waals surface area contributed by atoms with Gasteiger partial charge in [0.05, 0.1) is 4.91 Å². The van der Waals surface area contributed by atoms with Gasteiger partial charge < -0.3 is 14.6 Å². The number of halogens is 1. The van der Waals surface area contributed by atoms with Crippen LogP contribution < -0.4 is 113 Å². The number of benzene rings is 1. The summed E-state index contributed by atoms with van der Waals surface area (Å²) in [5, 5.41) is 22.1. The van der Waals surface area contributed by atoms with E-state index in [0.717, 1.165) is 12.1 Å². The number of thioether (sulfide) groups is 1. The summed E-state index contributed by atoms with van der Waals surface area (Å²) in [6.45, 7) is 0. The second-order valence-electron chi connectivity index (χ2n) is 4.14. The first-order valence-electron chi connectivity index (χ1n) is 5.79. The second-order valence-corrected chi connectivity index (χ2v) is 5.13. The molecule has 1 aromatic carbocycles. The molecule has 0 saturated carbocycles. The SMILES string of the molecule is O=C1N=C([O-])S/C1=C\c1ccc(-c2ccc(F)cc2[O-])o1.[K+].[K+]. The smallest absolute Gasteiger partial charge is 0.872 e. The van der Waals surface area contributed by atoms with E-state index >= 15 is 0 Å². The molecule has 1 aliphatic heterocycles. The quantitative estimate of drug-likeness (QED) is 0.387. The van der Waals surface area contributed by atoms with Gasteiger partial charge in [-0.3, -0.25) is 4.79 Å². The molecule has 0 aliphatic carbocycles. The molecule has 0 N–H and O–H groups in total. The molecule has 0 atom stereocenters. The summed E-state index contributed by atoms with van der Waals surface area (Å²) in [6, 6.07) is 6.42. The summed E-state index contributed by atoms with van der Waals surface area (Å²) < 4.78 is 18.3. The number of carbonyl (C=O) groups excluding carboxylic acids is 1. The molecule has 23 heavy (non-hydrogen) atoms. The van der Waals surface area contributed by atoms with Crippen LogP contribution in [-0.2, 0) is 4.79 Å². The van der Waals surface area contributed by atoms with Gasteiger partial charge in [0.25, 0.3) is 5.91 Å². The normalized spacial score (nSPS) is 15.1. The van der Waals surface area contributed by atoms with Crippen molar-refractivity contribution in [3.63, 3.8) is 0 Å². The molecule has 1 aliphatic rings. The third-order valence-corrected chi connectivity index (χ3v) is 3.49. The fraction of sp³-hybridized carbons (Fsp3) is 0. The molecule has 2 heterocycles. The second kappa shape index (κ2) is 9.44. The van der Waals surface area contributed by atoms with Gasteiger partial charge in [0.1, 0.15) is 17.3 Å². The van der Waals surface area contributed by atoms with E-state index in [4.69, 9.17) is 4.42 Å². The first kappa shape index (κ1) is 21.8. The Morgan fingerprint density at radius 1 is 1.17 bits per heavy atom. The van der Waals surface area contributed by atoms with E-state index in [1.165, 1.54) is 18.2 Å². The molecule has 0 spiro atoms. The zero-order chi connectivity index (χ0) is 15.0. The summed E-state index contributed by atoms with van der Waals surface area (Å²) in [5.74, 6) is -1.18. The molecule has 3 rings (SSSR count). The van der Waals surface area contributed by atoms with E-state index in [1.807, 2.05) is 0 Å². The number of amides is 1. The Hall–Kier alpha value is 0.733. The minimum atomic E-state index is -0.620. The van der Waals surface area contributed by atoms with Crippen LogP contribution in [0.25, 0.3) is 17.4 Å². The Morgan fingerprint density at radius 3 is 2.52 bits per heavy atom. The monoisotopic (exact) mass is 381 g/mol. The zero-order valence-electron chi connectivity index (χ0n) is 12.3. The van der Waals surface area contributed by atoms with E-state index in [2.05, 4.69) is 4.99 Å². The average molecular weight is 381 g/mol. The molecule has 2 aromatic rings. The van der Waals surface area contributed by atoms with Crippen molar-refractivity contribution in [3.8, 4) is 17.1 Å². The summed E-state index contributed by atoms with van der Waals surface area (Å²) in [5.41, 5.74) is 0.215. The molecular formula is C14H6FK2NO4S. The van der Waals surface area contributed by atoms with E-state index in [-0.39, 0.29) is 119 Å². The molecular weight excluding hydrogens is 375 g/mol. The first-order chi connectivity index (χ1) is 10.0. The van der Waals surface area contributed by atoms with Crippen molar-refractivity contribution in [1.29, 1.82) is 0 Å². The van der Waals surface area contributed by atoms with Gasteiger partial charge in [0.15, 0.2) is 0 Å². The Labute approximate surface area is 220 Å². The van der Waals surface area contributed by atoms with Crippen LogP contribution in [0.2, 0.25) is 0 Å². The van der Waals surface area contributed by atoms with Crippen molar-refractivity contribution in [2.45, 2.75) is 0 Å². The van der Waals surface area contributed by atoms with Gasteiger partial charge in [-0.15, -0.1) is 0 Å². The van der Waals surface area contributed by atoms with Gasteiger partial charge in [0.2, 0.25) is 0 Å². The maximum atomic E-state index is 12.9. The fourth-order valence-electron chi connectivity index (χ4n) is 1.79. The summed E-state index contributed by atoms with van der Waals surface area (Å²) in [7, 11) is 0. The molecule has 1 amide bonds. The number of carbonyl (C=O) groups is 1. The van der Waals surface area contributed by atoms with Crippen LogP contribution in [0.4, 0.5) is 4.39 Å². The summed E-state index contributed by atoms with van der Waals surface area (Å²) in [4.78, 5) is 14.7. The number of furan rings is 1. The van der Waals surface area contributed by atoms with E-state index in [9.17, 15) is 19.4 Å². The van der Waals surface area contributed by atoms with Gasteiger partial charge in [-0.05, 0) is 30.3 Å². The third kappa shape index (κ3) is 5.35. The van der Waals surface area contributed by atoms with Gasteiger partial charge >= 0.3 is 103 Å². The molecule has 9 heteroatoms. The molecule has 0 unspecified atom stereocenters. The summed E-state index contributed by atoms with van der Waals surface area (Å²) >= 11 is 0.713.